The molecule has 0 aliphatic rings. The molecule has 156 valence electrons. The average molecular weight is 404 g/mol. The summed E-state index contributed by atoms with van der Waals surface area (Å²) in [6.45, 7) is 2.68. The van der Waals surface area contributed by atoms with Crippen molar-refractivity contribution < 1.29 is 28.6 Å². The quantitative estimate of drug-likeness (QED) is 0.507. The van der Waals surface area contributed by atoms with E-state index in [1.165, 1.54) is 13.0 Å². The Morgan fingerprint density at radius 3 is 2.62 bits per heavy atom. The highest BCUT2D eigenvalue weighted by Gasteiger charge is 2.17. The van der Waals surface area contributed by atoms with Crippen LogP contribution in [0.4, 0.5) is 0 Å². The van der Waals surface area contributed by atoms with Gasteiger partial charge < -0.3 is 24.9 Å². The van der Waals surface area contributed by atoms with Crippen molar-refractivity contribution in [3.05, 3.63) is 40.2 Å². The first-order valence-corrected chi connectivity index (χ1v) is 9.29. The lowest BCUT2D eigenvalue weighted by Crippen LogP contribution is -2.43. The maximum Gasteiger partial charge on any atom is 0.336 e. The van der Waals surface area contributed by atoms with E-state index in [0.29, 0.717) is 11.3 Å². The molecule has 0 fully saturated rings. The van der Waals surface area contributed by atoms with Gasteiger partial charge in [-0.3, -0.25) is 14.4 Å². The lowest BCUT2D eigenvalue weighted by molar-refractivity contribution is -0.137. The molecule has 2 aromatic rings. The predicted octanol–water partition coefficient (Wildman–Crippen LogP) is 1.22. The molecule has 2 rings (SSSR count). The fourth-order valence-electron chi connectivity index (χ4n) is 2.66. The van der Waals surface area contributed by atoms with Crippen LogP contribution >= 0.6 is 0 Å². The molecule has 0 bridgehead atoms. The molecule has 9 heteroatoms. The van der Waals surface area contributed by atoms with Crippen LogP contribution in [0.25, 0.3) is 11.0 Å². The van der Waals surface area contributed by atoms with Crippen LogP contribution in [0.1, 0.15) is 32.3 Å². The molecule has 9 nitrogen and oxygen atoms in total. The van der Waals surface area contributed by atoms with Crippen LogP contribution < -0.4 is 21.0 Å². The molecule has 0 saturated heterocycles. The highest BCUT2D eigenvalue weighted by atomic mass is 16.5. The summed E-state index contributed by atoms with van der Waals surface area (Å²) in [5.41, 5.74) is 0.837. The predicted molar refractivity (Wildman–Crippen MR) is 105 cm³/mol. The zero-order valence-corrected chi connectivity index (χ0v) is 16.3. The van der Waals surface area contributed by atoms with Crippen LogP contribution in [0.15, 0.2) is 33.5 Å². The van der Waals surface area contributed by atoms with E-state index in [1.54, 1.807) is 18.2 Å². The third-order valence-corrected chi connectivity index (χ3v) is 4.14. The number of fused-ring (bicyclic) bond motifs is 1. The highest BCUT2D eigenvalue weighted by molar-refractivity contribution is 5.88. The van der Waals surface area contributed by atoms with E-state index in [0.717, 1.165) is 30.2 Å². The summed E-state index contributed by atoms with van der Waals surface area (Å²) in [4.78, 5) is 45.7. The number of ether oxygens (including phenoxy) is 1. The van der Waals surface area contributed by atoms with E-state index >= 15 is 0 Å². The summed E-state index contributed by atoms with van der Waals surface area (Å²) >= 11 is 0. The van der Waals surface area contributed by atoms with E-state index in [-0.39, 0.29) is 6.54 Å². The molecule has 1 aromatic heterocycles. The second-order valence-corrected chi connectivity index (χ2v) is 6.50. The van der Waals surface area contributed by atoms with Crippen LogP contribution in [0.5, 0.6) is 5.75 Å². The number of hydrogen-bond donors (Lipinski definition) is 3. The van der Waals surface area contributed by atoms with E-state index in [1.807, 2.05) is 0 Å². The highest BCUT2D eigenvalue weighted by Crippen LogP contribution is 2.24. The second kappa shape index (κ2) is 10.3. The van der Waals surface area contributed by atoms with E-state index in [2.05, 4.69) is 17.6 Å². The Labute approximate surface area is 167 Å². The van der Waals surface area contributed by atoms with Gasteiger partial charge in [-0.05, 0) is 37.5 Å². The lowest BCUT2D eigenvalue weighted by Gasteiger charge is -2.15. The minimum atomic E-state index is -1.18. The zero-order valence-electron chi connectivity index (χ0n) is 16.3. The molecular formula is C20H24N2O7. The van der Waals surface area contributed by atoms with Gasteiger partial charge in [0.15, 0.2) is 6.10 Å². The monoisotopic (exact) mass is 404 g/mol. The van der Waals surface area contributed by atoms with Gasteiger partial charge in [0, 0.05) is 17.5 Å². The fraction of sp³-hybridized carbons (Fsp3) is 0.400. The average Bonchev–Trinajstić information content (AvgIpc) is 2.68. The Morgan fingerprint density at radius 2 is 1.93 bits per heavy atom. The van der Waals surface area contributed by atoms with Crippen molar-refractivity contribution in [3.63, 3.8) is 0 Å². The summed E-state index contributed by atoms with van der Waals surface area (Å²) in [6, 6.07) is 6.50. The van der Waals surface area contributed by atoms with E-state index in [4.69, 9.17) is 14.3 Å². The largest absolute Gasteiger partial charge is 0.481 e. The van der Waals surface area contributed by atoms with Crippen molar-refractivity contribution in [1.82, 2.24) is 10.6 Å². The number of aryl methyl sites for hydroxylation is 1. The second-order valence-electron chi connectivity index (χ2n) is 6.50. The number of carbonyl (C=O) groups is 3. The van der Waals surface area contributed by atoms with Crippen molar-refractivity contribution in [2.45, 2.75) is 39.2 Å². The molecule has 0 spiro atoms. The van der Waals surface area contributed by atoms with E-state index < -0.39 is 36.1 Å². The topological polar surface area (TPSA) is 135 Å². The van der Waals surface area contributed by atoms with Gasteiger partial charge in [-0.25, -0.2) is 4.79 Å². The molecule has 0 aliphatic carbocycles. The molecular weight excluding hydrogens is 380 g/mol. The summed E-state index contributed by atoms with van der Waals surface area (Å²) < 4.78 is 10.8. The summed E-state index contributed by atoms with van der Waals surface area (Å²) in [5.74, 6) is -2.01. The molecule has 1 atom stereocenters. The van der Waals surface area contributed by atoms with Gasteiger partial charge in [-0.15, -0.1) is 0 Å². The smallest absolute Gasteiger partial charge is 0.336 e. The van der Waals surface area contributed by atoms with Crippen LogP contribution in [-0.4, -0.2) is 42.1 Å². The number of benzene rings is 1. The Hall–Kier alpha value is -3.36. The van der Waals surface area contributed by atoms with Crippen molar-refractivity contribution in [1.29, 1.82) is 0 Å². The van der Waals surface area contributed by atoms with Crippen LogP contribution in [0.2, 0.25) is 0 Å². The fourth-order valence-corrected chi connectivity index (χ4v) is 2.66. The number of aliphatic carboxylic acids is 1. The standard InChI is InChI=1S/C20H24N2O7/c1-3-4-5-13-8-19(26)29-16-9-14(6-7-15(13)16)28-12(2)20(27)22-10-17(23)21-11-18(24)25/h6-9,12H,3-5,10-11H2,1-2H3,(H,21,23)(H,22,27)(H,24,25). The molecule has 0 aliphatic heterocycles. The Kier molecular flexibility index (Phi) is 7.76. The first-order chi connectivity index (χ1) is 13.8. The van der Waals surface area contributed by atoms with Crippen molar-refractivity contribution in [2.24, 2.45) is 0 Å². The molecule has 0 radical (unpaired) electrons. The molecule has 1 heterocycles. The van der Waals surface area contributed by atoms with Gasteiger partial charge in [0.1, 0.15) is 17.9 Å². The van der Waals surface area contributed by atoms with Gasteiger partial charge in [-0.1, -0.05) is 13.3 Å². The van der Waals surface area contributed by atoms with Crippen molar-refractivity contribution >= 4 is 28.8 Å². The number of carbonyl (C=O) groups excluding carboxylic acids is 2. The van der Waals surface area contributed by atoms with Gasteiger partial charge in [0.2, 0.25) is 5.91 Å². The van der Waals surface area contributed by atoms with Crippen molar-refractivity contribution in [3.8, 4) is 5.75 Å². The molecule has 1 aromatic carbocycles. The van der Waals surface area contributed by atoms with E-state index in [9.17, 15) is 19.2 Å². The molecule has 29 heavy (non-hydrogen) atoms. The maximum atomic E-state index is 12.1. The van der Waals surface area contributed by atoms with Gasteiger partial charge in [0.05, 0.1) is 6.54 Å². The number of nitrogens with one attached hydrogen (secondary N) is 2. The number of rotatable bonds is 10. The maximum absolute atomic E-state index is 12.1. The minimum absolute atomic E-state index is 0.339. The third kappa shape index (κ3) is 6.63. The Balaban J connectivity index is 2.01. The number of hydrogen-bond acceptors (Lipinski definition) is 6. The van der Waals surface area contributed by atoms with Crippen LogP contribution in [0.3, 0.4) is 0 Å². The Bertz CT molecular complexity index is 951. The first kappa shape index (κ1) is 21.9. The number of unbranched alkanes of at least 4 members (excludes halogenated alkanes) is 1. The third-order valence-electron chi connectivity index (χ3n) is 4.14. The summed E-state index contributed by atoms with van der Waals surface area (Å²) in [7, 11) is 0. The molecule has 1 unspecified atom stereocenters. The van der Waals surface area contributed by atoms with Gasteiger partial charge in [0.25, 0.3) is 5.91 Å². The SMILES string of the molecule is CCCCc1cc(=O)oc2cc(OC(C)C(=O)NCC(=O)NCC(=O)O)ccc12. The van der Waals surface area contributed by atoms with Crippen LogP contribution in [-0.2, 0) is 20.8 Å². The first-order valence-electron chi connectivity index (χ1n) is 9.29. The van der Waals surface area contributed by atoms with Crippen molar-refractivity contribution in [2.75, 3.05) is 13.1 Å². The van der Waals surface area contributed by atoms with Gasteiger partial charge in [-0.2, -0.15) is 0 Å². The zero-order chi connectivity index (χ0) is 21.4. The summed E-state index contributed by atoms with van der Waals surface area (Å²) in [6.07, 6.45) is 1.80. The number of carboxylic acid groups (broad SMARTS) is 1. The normalized spacial score (nSPS) is 11.7. The van der Waals surface area contributed by atoms with Gasteiger partial charge >= 0.3 is 11.6 Å². The molecule has 0 saturated carbocycles. The number of amides is 2. The lowest BCUT2D eigenvalue weighted by atomic mass is 10.0. The molecule has 3 N–H and O–H groups in total. The molecule has 2 amide bonds. The minimum Gasteiger partial charge on any atom is -0.481 e. The Morgan fingerprint density at radius 1 is 1.17 bits per heavy atom. The number of carboxylic acids is 1. The van der Waals surface area contributed by atoms with Crippen LogP contribution in [0, 0.1) is 0 Å². The summed E-state index contributed by atoms with van der Waals surface area (Å²) in [5, 5.41) is 13.8.